The van der Waals surface area contributed by atoms with Crippen molar-refractivity contribution < 1.29 is 19.2 Å². The van der Waals surface area contributed by atoms with Crippen molar-refractivity contribution in [3.8, 4) is 0 Å². The Kier molecular flexibility index (Phi) is 9.19. The zero-order valence-electron chi connectivity index (χ0n) is 33.4. The van der Waals surface area contributed by atoms with Crippen LogP contribution < -0.4 is 25.3 Å². The molecule has 7 heterocycles. The first-order valence-corrected chi connectivity index (χ1v) is 20.6. The number of anilines is 5. The van der Waals surface area contributed by atoms with E-state index in [4.69, 9.17) is 9.97 Å². The van der Waals surface area contributed by atoms with E-state index in [0.29, 0.717) is 23.9 Å². The van der Waals surface area contributed by atoms with E-state index in [0.717, 1.165) is 111 Å². The van der Waals surface area contributed by atoms with Crippen LogP contribution in [0.5, 0.6) is 0 Å². The zero-order chi connectivity index (χ0) is 39.6. The summed E-state index contributed by atoms with van der Waals surface area (Å²) < 4.78 is 2.12. The summed E-state index contributed by atoms with van der Waals surface area (Å²) in [7, 11) is 3.56. The number of carbonyl (C=O) groups is 4. The maximum absolute atomic E-state index is 13.9. The van der Waals surface area contributed by atoms with Crippen LogP contribution in [0.15, 0.2) is 48.8 Å². The van der Waals surface area contributed by atoms with E-state index in [1.807, 2.05) is 44.3 Å². The molecule has 0 unspecified atom stereocenters. The molecule has 1 spiro atoms. The Morgan fingerprint density at radius 2 is 1.58 bits per heavy atom. The smallest absolute Gasteiger partial charge is 0.270 e. The number of benzene rings is 1. The monoisotopic (exact) mass is 772 g/mol. The summed E-state index contributed by atoms with van der Waals surface area (Å²) in [6, 6.07) is 11.6. The highest BCUT2D eigenvalue weighted by atomic mass is 16.2. The van der Waals surface area contributed by atoms with Gasteiger partial charge in [-0.3, -0.25) is 29.4 Å². The number of piperidine rings is 3. The van der Waals surface area contributed by atoms with E-state index in [9.17, 15) is 19.2 Å². The third-order valence-corrected chi connectivity index (χ3v) is 13.4. The van der Waals surface area contributed by atoms with Gasteiger partial charge < -0.3 is 24.6 Å². The zero-order valence-corrected chi connectivity index (χ0v) is 33.4. The third-order valence-electron chi connectivity index (χ3n) is 13.4. The average molecular weight is 773 g/mol. The first-order chi connectivity index (χ1) is 27.4. The molecule has 1 saturated carbocycles. The normalized spacial score (nSPS) is 22.0. The number of pyridine rings is 1. The number of hydrogen-bond acceptors (Lipinski definition) is 10. The molecule has 298 valence electrons. The van der Waals surface area contributed by atoms with Gasteiger partial charge in [0.1, 0.15) is 23.2 Å². The fraction of sp³-hybridized carbons (Fsp3) is 0.512. The Bertz CT molecular complexity index is 2240. The first kappa shape index (κ1) is 37.1. The van der Waals surface area contributed by atoms with Crippen LogP contribution in [0, 0.1) is 5.41 Å². The Morgan fingerprint density at radius 1 is 0.877 bits per heavy atom. The lowest BCUT2D eigenvalue weighted by Gasteiger charge is -2.48. The highest BCUT2D eigenvalue weighted by Crippen LogP contribution is 2.50. The van der Waals surface area contributed by atoms with Crippen molar-refractivity contribution in [3.05, 3.63) is 60.0 Å². The lowest BCUT2D eigenvalue weighted by atomic mass is 9.71. The second kappa shape index (κ2) is 14.1. The van der Waals surface area contributed by atoms with Crippen molar-refractivity contribution >= 4 is 63.5 Å². The molecule has 3 aromatic heterocycles. The number of fused-ring (bicyclic) bond motifs is 2. The second-order valence-electron chi connectivity index (χ2n) is 17.4. The molecule has 0 bridgehead atoms. The highest BCUT2D eigenvalue weighted by molar-refractivity contribution is 6.14. The van der Waals surface area contributed by atoms with Crippen molar-refractivity contribution in [2.45, 2.75) is 95.6 Å². The van der Waals surface area contributed by atoms with Crippen molar-refractivity contribution in [2.24, 2.45) is 5.41 Å². The van der Waals surface area contributed by atoms with Gasteiger partial charge in [0.05, 0.1) is 23.0 Å². The fourth-order valence-electron chi connectivity index (χ4n) is 10.1. The van der Waals surface area contributed by atoms with Gasteiger partial charge in [-0.1, -0.05) is 18.9 Å². The number of amides is 4. The maximum atomic E-state index is 13.9. The van der Waals surface area contributed by atoms with Gasteiger partial charge in [0.15, 0.2) is 0 Å². The van der Waals surface area contributed by atoms with E-state index >= 15 is 0 Å². The van der Waals surface area contributed by atoms with Crippen LogP contribution in [-0.4, -0.2) is 94.4 Å². The molecule has 1 atom stereocenters. The van der Waals surface area contributed by atoms with Gasteiger partial charge in [-0.2, -0.15) is 4.98 Å². The van der Waals surface area contributed by atoms with Crippen LogP contribution in [0.2, 0.25) is 0 Å². The molecule has 5 aliphatic rings. The van der Waals surface area contributed by atoms with E-state index < -0.39 is 17.4 Å². The number of imide groups is 1. The summed E-state index contributed by atoms with van der Waals surface area (Å²) in [5, 5.41) is 6.59. The summed E-state index contributed by atoms with van der Waals surface area (Å²) in [4.78, 5) is 74.1. The Hall–Kier alpha value is -5.53. The lowest BCUT2D eigenvalue weighted by Crippen LogP contribution is -2.55. The summed E-state index contributed by atoms with van der Waals surface area (Å²) in [5.74, 6) is 0.323. The van der Waals surface area contributed by atoms with Crippen LogP contribution in [-0.2, 0) is 19.8 Å². The molecule has 4 aliphatic heterocycles. The second-order valence-corrected chi connectivity index (χ2v) is 17.4. The number of carbonyl (C=O) groups excluding carboxylic acids is 4. The molecule has 0 radical (unpaired) electrons. The fourth-order valence-corrected chi connectivity index (χ4v) is 10.1. The third kappa shape index (κ3) is 6.46. The number of hydrogen-bond donors (Lipinski definition) is 2. The minimum Gasteiger partial charge on any atom is -0.371 e. The van der Waals surface area contributed by atoms with E-state index in [2.05, 4.69) is 42.1 Å². The Balaban J connectivity index is 0.841. The number of nitrogens with one attached hydrogen (secondary N) is 2. The van der Waals surface area contributed by atoms with Gasteiger partial charge in [0.25, 0.3) is 5.91 Å². The van der Waals surface area contributed by atoms with E-state index in [-0.39, 0.29) is 35.6 Å². The van der Waals surface area contributed by atoms with Gasteiger partial charge in [0.2, 0.25) is 23.7 Å². The Labute approximate surface area is 333 Å². The maximum Gasteiger partial charge on any atom is 0.270 e. The van der Waals surface area contributed by atoms with E-state index in [1.165, 1.54) is 0 Å². The van der Waals surface area contributed by atoms with Gasteiger partial charge in [-0.25, -0.2) is 9.97 Å². The molecule has 3 saturated heterocycles. The molecule has 1 aliphatic carbocycles. The van der Waals surface area contributed by atoms with Crippen LogP contribution in [0.3, 0.4) is 0 Å². The van der Waals surface area contributed by atoms with Crippen molar-refractivity contribution in [1.29, 1.82) is 0 Å². The minimum absolute atomic E-state index is 0.0275. The molecular formula is C43H52N10O4. The topological polar surface area (TPSA) is 149 Å². The van der Waals surface area contributed by atoms with Gasteiger partial charge in [-0.15, -0.1) is 0 Å². The summed E-state index contributed by atoms with van der Waals surface area (Å²) in [6.07, 6.45) is 13.0. The molecule has 4 fully saturated rings. The predicted molar refractivity (Wildman–Crippen MR) is 219 cm³/mol. The standard InChI is InChI=1S/C43H52N10O4/c1-42(2)36-30(10-7-11-31(36)53(40(42)57)32-13-15-35(54)47-38(32)55)51-22-18-43(19-23-51)16-20-50(21-17-43)29-12-14-34(44-26-29)46-41-45-25-27-24-33(39(56)49(3)4)52(37(27)48-41)28-8-5-6-9-28/h7,10-12,14,24-26,28,32H,5-6,8-9,13,15-23H2,1-4H3,(H,47,54,55)(H,44,45,46,48)/t32-/m1/s1. The molecule has 9 rings (SSSR count). The number of rotatable bonds is 7. The molecule has 1 aromatic carbocycles. The molecular weight excluding hydrogens is 721 g/mol. The average Bonchev–Trinajstić information content (AvgIpc) is 3.92. The number of aromatic nitrogens is 4. The quantitative estimate of drug-likeness (QED) is 0.224. The van der Waals surface area contributed by atoms with Crippen molar-refractivity contribution in [1.82, 2.24) is 29.7 Å². The largest absolute Gasteiger partial charge is 0.371 e. The van der Waals surface area contributed by atoms with Gasteiger partial charge in [-0.05, 0) is 94.5 Å². The van der Waals surface area contributed by atoms with Crippen LogP contribution in [0.4, 0.5) is 28.8 Å². The molecule has 14 heteroatoms. The summed E-state index contributed by atoms with van der Waals surface area (Å²) >= 11 is 0. The first-order valence-electron chi connectivity index (χ1n) is 20.6. The van der Waals surface area contributed by atoms with Crippen LogP contribution in [0.1, 0.15) is 100 Å². The van der Waals surface area contributed by atoms with Gasteiger partial charge in [0, 0.05) is 75.6 Å². The Morgan fingerprint density at radius 3 is 2.25 bits per heavy atom. The summed E-state index contributed by atoms with van der Waals surface area (Å²) in [5.41, 5.74) is 4.86. The molecule has 4 aromatic rings. The van der Waals surface area contributed by atoms with Crippen LogP contribution >= 0.6 is 0 Å². The summed E-state index contributed by atoms with van der Waals surface area (Å²) in [6.45, 7) is 7.65. The van der Waals surface area contributed by atoms with E-state index in [1.54, 1.807) is 30.1 Å². The van der Waals surface area contributed by atoms with Crippen molar-refractivity contribution in [2.75, 3.05) is 60.3 Å². The molecule has 57 heavy (non-hydrogen) atoms. The molecule has 4 amide bonds. The van der Waals surface area contributed by atoms with Crippen molar-refractivity contribution in [3.63, 3.8) is 0 Å². The van der Waals surface area contributed by atoms with Gasteiger partial charge >= 0.3 is 0 Å². The number of nitrogens with zero attached hydrogens (tertiary/aromatic N) is 8. The molecule has 14 nitrogen and oxygen atoms in total. The SMILES string of the molecule is CN(C)C(=O)c1cc2cnc(Nc3ccc(N4CCC5(CC4)CCN(c4cccc6c4C(C)(C)C(=O)N6[C@@H]4CCC(=O)NC4=O)CC5)cn3)nc2n1C1CCCC1. The molecule has 2 N–H and O–H groups in total. The predicted octanol–water partition coefficient (Wildman–Crippen LogP) is 5.70. The lowest BCUT2D eigenvalue weighted by molar-refractivity contribution is -0.136. The minimum atomic E-state index is -0.785. The van der Waals surface area contributed by atoms with Crippen LogP contribution in [0.25, 0.3) is 11.0 Å². The highest BCUT2D eigenvalue weighted by Gasteiger charge is 2.51.